The number of hydrogen-bond donors (Lipinski definition) is 1. The minimum atomic E-state index is -0.179. The predicted octanol–water partition coefficient (Wildman–Crippen LogP) is 6.90. The summed E-state index contributed by atoms with van der Waals surface area (Å²) in [5.41, 5.74) is 2.13. The average Bonchev–Trinajstić information content (AvgIpc) is 2.78. The number of phenolic OH excluding ortho intramolecular Hbond substituents is 1. The fourth-order valence-electron chi connectivity index (χ4n) is 3.34. The van der Waals surface area contributed by atoms with Gasteiger partial charge in [0, 0.05) is 23.8 Å². The van der Waals surface area contributed by atoms with Gasteiger partial charge in [0.2, 0.25) is 0 Å². The molecule has 3 rings (SSSR count). The molecule has 1 aromatic heterocycles. The topological polar surface area (TPSA) is 45.6 Å². The van der Waals surface area contributed by atoms with Gasteiger partial charge in [-0.25, -0.2) is 4.98 Å². The van der Waals surface area contributed by atoms with Crippen molar-refractivity contribution in [3.63, 3.8) is 0 Å². The SMILES string of the molecule is C=CCCCN(Cc1cc(O)ccc1Br)C[C@H](Oc1cccnc1Br)c1ccccc1. The molecule has 2 aromatic carbocycles. The Kier molecular flexibility index (Phi) is 9.13. The second-order valence-electron chi connectivity index (χ2n) is 7.25. The van der Waals surface area contributed by atoms with E-state index in [0.717, 1.165) is 35.0 Å². The number of benzene rings is 2. The highest BCUT2D eigenvalue weighted by Gasteiger charge is 2.20. The number of aromatic nitrogens is 1. The van der Waals surface area contributed by atoms with Crippen LogP contribution in [-0.2, 0) is 6.54 Å². The molecule has 0 saturated heterocycles. The van der Waals surface area contributed by atoms with Crippen LogP contribution in [-0.4, -0.2) is 28.1 Å². The molecule has 1 heterocycles. The minimum absolute atomic E-state index is 0.179. The number of rotatable bonds is 11. The third-order valence-electron chi connectivity index (χ3n) is 4.90. The Balaban J connectivity index is 1.86. The number of aromatic hydroxyl groups is 1. The van der Waals surface area contributed by atoms with E-state index in [1.807, 2.05) is 42.5 Å². The van der Waals surface area contributed by atoms with Crippen molar-refractivity contribution in [3.8, 4) is 11.5 Å². The molecule has 0 unspecified atom stereocenters. The van der Waals surface area contributed by atoms with E-state index in [1.54, 1.807) is 18.3 Å². The van der Waals surface area contributed by atoms with Crippen LogP contribution < -0.4 is 4.74 Å². The molecule has 4 nitrogen and oxygen atoms in total. The first-order valence-corrected chi connectivity index (χ1v) is 11.8. The van der Waals surface area contributed by atoms with E-state index in [0.29, 0.717) is 23.4 Å². The van der Waals surface area contributed by atoms with Gasteiger partial charge in [-0.05, 0) is 76.8 Å². The van der Waals surface area contributed by atoms with E-state index in [1.165, 1.54) is 0 Å². The summed E-state index contributed by atoms with van der Waals surface area (Å²) in [5, 5.41) is 9.96. The first-order chi connectivity index (χ1) is 15.1. The number of pyridine rings is 1. The van der Waals surface area contributed by atoms with Gasteiger partial charge in [0.25, 0.3) is 0 Å². The van der Waals surface area contributed by atoms with E-state index in [2.05, 4.69) is 60.5 Å². The number of nitrogens with zero attached hydrogens (tertiary/aromatic N) is 2. The fraction of sp³-hybridized carbons (Fsp3) is 0.240. The van der Waals surface area contributed by atoms with Gasteiger partial charge in [-0.1, -0.05) is 52.3 Å². The van der Waals surface area contributed by atoms with Crippen LogP contribution in [0.15, 0.2) is 88.6 Å². The Morgan fingerprint density at radius 3 is 2.65 bits per heavy atom. The number of halogens is 2. The van der Waals surface area contributed by atoms with Gasteiger partial charge in [0.15, 0.2) is 5.75 Å². The molecule has 0 saturated carbocycles. The summed E-state index contributed by atoms with van der Waals surface area (Å²) in [5.74, 6) is 0.973. The lowest BCUT2D eigenvalue weighted by atomic mass is 10.1. The third kappa shape index (κ3) is 7.20. The zero-order valence-corrected chi connectivity index (χ0v) is 20.4. The lowest BCUT2D eigenvalue weighted by Gasteiger charge is -2.29. The summed E-state index contributed by atoms with van der Waals surface area (Å²) >= 11 is 7.11. The summed E-state index contributed by atoms with van der Waals surface area (Å²) in [6, 6.07) is 19.4. The standard InChI is InChI=1S/C25H26Br2N2O2/c1-2-3-7-15-29(17-20-16-21(30)12-13-22(20)26)18-24(19-9-5-4-6-10-19)31-23-11-8-14-28-25(23)27/h2,4-6,8-14,16,24,30H,1,3,7,15,17-18H2/t24-/m0/s1. The quantitative estimate of drug-likeness (QED) is 0.162. The summed E-state index contributed by atoms with van der Waals surface area (Å²) in [4.78, 5) is 6.64. The van der Waals surface area contributed by atoms with Gasteiger partial charge in [-0.15, -0.1) is 6.58 Å². The van der Waals surface area contributed by atoms with Gasteiger partial charge in [0.1, 0.15) is 16.5 Å². The van der Waals surface area contributed by atoms with Crippen LogP contribution in [0.3, 0.4) is 0 Å². The first-order valence-electron chi connectivity index (χ1n) is 10.2. The van der Waals surface area contributed by atoms with E-state index in [9.17, 15) is 5.11 Å². The third-order valence-corrected chi connectivity index (χ3v) is 6.26. The van der Waals surface area contributed by atoms with Crippen LogP contribution in [0.4, 0.5) is 0 Å². The van der Waals surface area contributed by atoms with Crippen molar-refractivity contribution in [2.75, 3.05) is 13.1 Å². The molecular formula is C25H26Br2N2O2. The molecule has 0 aliphatic rings. The monoisotopic (exact) mass is 544 g/mol. The van der Waals surface area contributed by atoms with E-state index in [-0.39, 0.29) is 11.9 Å². The zero-order valence-electron chi connectivity index (χ0n) is 17.3. The van der Waals surface area contributed by atoms with Crippen molar-refractivity contribution in [3.05, 3.63) is 99.7 Å². The molecule has 162 valence electrons. The molecule has 0 radical (unpaired) electrons. The molecule has 0 fully saturated rings. The van der Waals surface area contributed by atoms with Crippen molar-refractivity contribution in [2.24, 2.45) is 0 Å². The first kappa shape index (κ1) is 23.5. The van der Waals surface area contributed by atoms with Crippen molar-refractivity contribution < 1.29 is 9.84 Å². The van der Waals surface area contributed by atoms with E-state index >= 15 is 0 Å². The Morgan fingerprint density at radius 1 is 1.10 bits per heavy atom. The molecule has 0 aliphatic carbocycles. The maximum Gasteiger partial charge on any atom is 0.153 e. The highest BCUT2D eigenvalue weighted by Crippen LogP contribution is 2.29. The van der Waals surface area contributed by atoms with Crippen LogP contribution in [0.25, 0.3) is 0 Å². The summed E-state index contributed by atoms with van der Waals surface area (Å²) in [6.45, 7) is 6.10. The van der Waals surface area contributed by atoms with Gasteiger partial charge < -0.3 is 9.84 Å². The average molecular weight is 546 g/mol. The highest BCUT2D eigenvalue weighted by molar-refractivity contribution is 9.10. The second-order valence-corrected chi connectivity index (χ2v) is 8.86. The lowest BCUT2D eigenvalue weighted by molar-refractivity contribution is 0.126. The van der Waals surface area contributed by atoms with Gasteiger partial charge in [-0.2, -0.15) is 0 Å². The van der Waals surface area contributed by atoms with E-state index < -0.39 is 0 Å². The molecule has 1 N–H and O–H groups in total. The lowest BCUT2D eigenvalue weighted by Crippen LogP contribution is -2.31. The van der Waals surface area contributed by atoms with Crippen LogP contribution in [0.2, 0.25) is 0 Å². The van der Waals surface area contributed by atoms with E-state index in [4.69, 9.17) is 4.74 Å². The summed E-state index contributed by atoms with van der Waals surface area (Å²) in [7, 11) is 0. The van der Waals surface area contributed by atoms with Crippen molar-refractivity contribution in [1.82, 2.24) is 9.88 Å². The largest absolute Gasteiger partial charge is 0.508 e. The number of phenols is 1. The number of hydrogen-bond acceptors (Lipinski definition) is 4. The van der Waals surface area contributed by atoms with Gasteiger partial charge in [0.05, 0.1) is 0 Å². The zero-order chi connectivity index (χ0) is 22.1. The van der Waals surface area contributed by atoms with Crippen LogP contribution in [0.5, 0.6) is 11.5 Å². The normalized spacial score (nSPS) is 12.0. The highest BCUT2D eigenvalue weighted by atomic mass is 79.9. The summed E-state index contributed by atoms with van der Waals surface area (Å²) < 4.78 is 8.09. The maximum absolute atomic E-state index is 9.96. The Labute approximate surface area is 200 Å². The Morgan fingerprint density at radius 2 is 1.90 bits per heavy atom. The molecule has 3 aromatic rings. The van der Waals surface area contributed by atoms with Crippen molar-refractivity contribution in [1.29, 1.82) is 0 Å². The fourth-order valence-corrected chi connectivity index (χ4v) is 4.06. The van der Waals surface area contributed by atoms with Crippen molar-refractivity contribution >= 4 is 31.9 Å². The maximum atomic E-state index is 9.96. The Bertz CT molecular complexity index is 982. The molecular weight excluding hydrogens is 520 g/mol. The number of ether oxygens (including phenoxy) is 1. The number of allylic oxidation sites excluding steroid dienone is 1. The number of unbranched alkanes of at least 4 members (excludes halogenated alkanes) is 1. The Hall–Kier alpha value is -2.15. The van der Waals surface area contributed by atoms with Crippen LogP contribution in [0, 0.1) is 0 Å². The predicted molar refractivity (Wildman–Crippen MR) is 132 cm³/mol. The molecule has 31 heavy (non-hydrogen) atoms. The van der Waals surface area contributed by atoms with Gasteiger partial charge >= 0.3 is 0 Å². The van der Waals surface area contributed by atoms with Crippen LogP contribution >= 0.6 is 31.9 Å². The van der Waals surface area contributed by atoms with Gasteiger partial charge in [-0.3, -0.25) is 4.90 Å². The molecule has 0 bridgehead atoms. The molecule has 1 atom stereocenters. The molecule has 0 aliphatic heterocycles. The van der Waals surface area contributed by atoms with Crippen LogP contribution in [0.1, 0.15) is 30.1 Å². The second kappa shape index (κ2) is 12.0. The molecule has 0 spiro atoms. The smallest absolute Gasteiger partial charge is 0.153 e. The summed E-state index contributed by atoms with van der Waals surface area (Å²) in [6.07, 6.45) is 5.44. The molecule has 0 amide bonds. The minimum Gasteiger partial charge on any atom is -0.508 e. The van der Waals surface area contributed by atoms with Crippen molar-refractivity contribution in [2.45, 2.75) is 25.5 Å². The molecule has 6 heteroatoms.